The fraction of sp³-hybridized carbons (Fsp3) is 0.278. The van der Waals surface area contributed by atoms with E-state index in [1.54, 1.807) is 11.1 Å². The molecule has 1 aromatic carbocycles. The molecule has 0 radical (unpaired) electrons. The first-order chi connectivity index (χ1) is 12.1. The second-order valence-corrected chi connectivity index (χ2v) is 8.21. The minimum Gasteiger partial charge on any atom is -0.312 e. The quantitative estimate of drug-likeness (QED) is 0.592. The summed E-state index contributed by atoms with van der Waals surface area (Å²) in [5.41, 5.74) is 4.63. The highest BCUT2D eigenvalue weighted by molar-refractivity contribution is 9.11. The van der Waals surface area contributed by atoms with E-state index in [-0.39, 0.29) is 24.7 Å². The maximum absolute atomic E-state index is 12.5. The van der Waals surface area contributed by atoms with E-state index in [1.807, 2.05) is 30.3 Å². The van der Waals surface area contributed by atoms with Gasteiger partial charge in [-0.2, -0.15) is 5.10 Å². The summed E-state index contributed by atoms with van der Waals surface area (Å²) in [6, 6.07) is 11.8. The third kappa shape index (κ3) is 4.76. The highest BCUT2D eigenvalue weighted by Gasteiger charge is 2.22. The van der Waals surface area contributed by atoms with Crippen LogP contribution in [-0.2, 0) is 16.0 Å². The Balaban J connectivity index is 1.49. The Morgan fingerprint density at radius 3 is 2.88 bits per heavy atom. The standard InChI is InChI=1S/C18H18BrN3O2S/c19-16-8-7-14(25-16)12-20-21-17(23)9-10-18(24)22-11-3-5-13-4-1-2-6-15(13)22/h1-2,4,6-8,12H,3,5,9-11H2,(H,21,23). The fourth-order valence-corrected chi connectivity index (χ4v) is 4.07. The molecule has 0 saturated carbocycles. The number of anilines is 1. The molecule has 0 fully saturated rings. The van der Waals surface area contributed by atoms with E-state index in [0.717, 1.165) is 27.2 Å². The number of halogens is 1. The lowest BCUT2D eigenvalue weighted by molar-refractivity contribution is -0.125. The Morgan fingerprint density at radius 1 is 1.24 bits per heavy atom. The molecule has 3 rings (SSSR count). The van der Waals surface area contributed by atoms with Crippen LogP contribution in [-0.4, -0.2) is 24.6 Å². The molecular formula is C18H18BrN3O2S. The summed E-state index contributed by atoms with van der Waals surface area (Å²) in [7, 11) is 0. The van der Waals surface area contributed by atoms with E-state index >= 15 is 0 Å². The van der Waals surface area contributed by atoms with E-state index in [2.05, 4.69) is 32.5 Å². The Labute approximate surface area is 158 Å². The first kappa shape index (κ1) is 17.8. The molecule has 0 spiro atoms. The highest BCUT2D eigenvalue weighted by atomic mass is 79.9. The van der Waals surface area contributed by atoms with Crippen molar-refractivity contribution in [2.75, 3.05) is 11.4 Å². The fourth-order valence-electron chi connectivity index (χ4n) is 2.77. The summed E-state index contributed by atoms with van der Waals surface area (Å²) in [6.07, 6.45) is 3.85. The minimum absolute atomic E-state index is 0.0199. The summed E-state index contributed by atoms with van der Waals surface area (Å²) >= 11 is 4.90. The van der Waals surface area contributed by atoms with Crippen LogP contribution in [0, 0.1) is 0 Å². The number of thiophene rings is 1. The molecule has 5 nitrogen and oxygen atoms in total. The molecule has 1 aliphatic heterocycles. The number of hydrogen-bond donors (Lipinski definition) is 1. The average Bonchev–Trinajstić information content (AvgIpc) is 3.04. The van der Waals surface area contributed by atoms with Crippen LogP contribution in [0.5, 0.6) is 0 Å². The third-order valence-electron chi connectivity index (χ3n) is 3.95. The zero-order valence-electron chi connectivity index (χ0n) is 13.6. The van der Waals surface area contributed by atoms with Gasteiger partial charge in [0.25, 0.3) is 0 Å². The Bertz CT molecular complexity index is 803. The van der Waals surface area contributed by atoms with Crippen molar-refractivity contribution >= 4 is 51.0 Å². The number of hydrazone groups is 1. The number of benzene rings is 1. The van der Waals surface area contributed by atoms with E-state index in [0.29, 0.717) is 6.54 Å². The first-order valence-corrected chi connectivity index (χ1v) is 9.70. The molecule has 0 atom stereocenters. The monoisotopic (exact) mass is 419 g/mol. The largest absolute Gasteiger partial charge is 0.312 e. The summed E-state index contributed by atoms with van der Waals surface area (Å²) < 4.78 is 1.01. The normalized spacial score (nSPS) is 13.7. The van der Waals surface area contributed by atoms with Crippen LogP contribution in [0.4, 0.5) is 5.69 Å². The summed E-state index contributed by atoms with van der Waals surface area (Å²) in [6.45, 7) is 0.711. The molecule has 25 heavy (non-hydrogen) atoms. The molecule has 0 unspecified atom stereocenters. The predicted molar refractivity (Wildman–Crippen MR) is 104 cm³/mol. The van der Waals surface area contributed by atoms with E-state index < -0.39 is 0 Å². The van der Waals surface area contributed by atoms with Gasteiger partial charge in [0.15, 0.2) is 0 Å². The van der Waals surface area contributed by atoms with Crippen LogP contribution in [0.25, 0.3) is 0 Å². The first-order valence-electron chi connectivity index (χ1n) is 8.09. The van der Waals surface area contributed by atoms with Crippen molar-refractivity contribution in [3.05, 3.63) is 50.6 Å². The van der Waals surface area contributed by atoms with Crippen molar-refractivity contribution in [3.8, 4) is 0 Å². The lowest BCUT2D eigenvalue weighted by atomic mass is 10.0. The Morgan fingerprint density at radius 2 is 2.08 bits per heavy atom. The van der Waals surface area contributed by atoms with Gasteiger partial charge >= 0.3 is 0 Å². The van der Waals surface area contributed by atoms with Crippen LogP contribution < -0.4 is 10.3 Å². The molecule has 2 amide bonds. The number of carbonyl (C=O) groups is 2. The zero-order valence-corrected chi connectivity index (χ0v) is 16.0. The maximum Gasteiger partial charge on any atom is 0.240 e. The number of nitrogens with zero attached hydrogens (tertiary/aromatic N) is 2. The van der Waals surface area contributed by atoms with E-state index in [4.69, 9.17) is 0 Å². The summed E-state index contributed by atoms with van der Waals surface area (Å²) in [5, 5.41) is 3.92. The zero-order chi connectivity index (χ0) is 17.6. The van der Waals surface area contributed by atoms with Gasteiger partial charge in [-0.25, -0.2) is 5.43 Å². The number of hydrogen-bond acceptors (Lipinski definition) is 4. The van der Waals surface area contributed by atoms with E-state index in [1.165, 1.54) is 16.9 Å². The highest BCUT2D eigenvalue weighted by Crippen LogP contribution is 2.27. The number of nitrogens with one attached hydrogen (secondary N) is 1. The maximum atomic E-state index is 12.5. The molecule has 1 aliphatic rings. The molecular weight excluding hydrogens is 402 g/mol. The summed E-state index contributed by atoms with van der Waals surface area (Å²) in [4.78, 5) is 27.1. The SMILES string of the molecule is O=C(CCC(=O)N1CCCc2ccccc21)NN=Cc1ccc(Br)s1. The van der Waals surface area contributed by atoms with Crippen molar-refractivity contribution in [2.24, 2.45) is 5.10 Å². The van der Waals surface area contributed by atoms with Gasteiger partial charge < -0.3 is 4.90 Å². The van der Waals surface area contributed by atoms with E-state index in [9.17, 15) is 9.59 Å². The van der Waals surface area contributed by atoms with Gasteiger partial charge in [0.2, 0.25) is 11.8 Å². The van der Waals surface area contributed by atoms with Crippen molar-refractivity contribution in [2.45, 2.75) is 25.7 Å². The number of carbonyl (C=O) groups excluding carboxylic acids is 2. The number of fused-ring (bicyclic) bond motifs is 1. The van der Waals surface area contributed by atoms with Crippen LogP contribution in [0.2, 0.25) is 0 Å². The molecule has 130 valence electrons. The second-order valence-electron chi connectivity index (χ2n) is 5.71. The topological polar surface area (TPSA) is 61.8 Å². The van der Waals surface area contributed by atoms with Gasteiger partial charge in [0.05, 0.1) is 10.0 Å². The second kappa shape index (κ2) is 8.40. The van der Waals surface area contributed by atoms with Crippen molar-refractivity contribution in [3.63, 3.8) is 0 Å². The molecule has 0 bridgehead atoms. The molecule has 2 aromatic rings. The van der Waals surface area contributed by atoms with Gasteiger partial charge in [0.1, 0.15) is 0 Å². The lowest BCUT2D eigenvalue weighted by Crippen LogP contribution is -2.36. The van der Waals surface area contributed by atoms with Crippen LogP contribution >= 0.6 is 27.3 Å². The minimum atomic E-state index is -0.259. The van der Waals surface area contributed by atoms with Gasteiger partial charge in [0, 0.05) is 30.0 Å². The third-order valence-corrected chi connectivity index (χ3v) is 5.51. The van der Waals surface area contributed by atoms with Crippen molar-refractivity contribution in [1.82, 2.24) is 5.43 Å². The van der Waals surface area contributed by atoms with Gasteiger partial charge in [-0.1, -0.05) is 18.2 Å². The number of rotatable bonds is 5. The van der Waals surface area contributed by atoms with Gasteiger partial charge in [-0.3, -0.25) is 9.59 Å². The average molecular weight is 420 g/mol. The predicted octanol–water partition coefficient (Wildman–Crippen LogP) is 3.72. The number of para-hydroxylation sites is 1. The molecule has 0 aliphatic carbocycles. The number of aryl methyl sites for hydroxylation is 1. The van der Waals surface area contributed by atoms with Crippen molar-refractivity contribution in [1.29, 1.82) is 0 Å². The van der Waals surface area contributed by atoms with Crippen LogP contribution in [0.3, 0.4) is 0 Å². The van der Waals surface area contributed by atoms with Crippen molar-refractivity contribution < 1.29 is 9.59 Å². The Kier molecular flexibility index (Phi) is 5.99. The Hall–Kier alpha value is -1.99. The molecule has 0 saturated heterocycles. The van der Waals surface area contributed by atoms with Gasteiger partial charge in [-0.05, 0) is 52.5 Å². The lowest BCUT2D eigenvalue weighted by Gasteiger charge is -2.29. The van der Waals surface area contributed by atoms with Crippen LogP contribution in [0.15, 0.2) is 45.3 Å². The molecule has 1 N–H and O–H groups in total. The smallest absolute Gasteiger partial charge is 0.240 e. The molecule has 1 aromatic heterocycles. The number of amides is 2. The van der Waals surface area contributed by atoms with Crippen LogP contribution in [0.1, 0.15) is 29.7 Å². The van der Waals surface area contributed by atoms with Gasteiger partial charge in [-0.15, -0.1) is 11.3 Å². The molecule has 7 heteroatoms. The molecule has 2 heterocycles. The summed E-state index contributed by atoms with van der Waals surface area (Å²) in [5.74, 6) is -0.279.